The second kappa shape index (κ2) is 8.28. The summed E-state index contributed by atoms with van der Waals surface area (Å²) < 4.78 is 20.3. The minimum atomic E-state index is -0.305. The fourth-order valence-corrected chi connectivity index (χ4v) is 3.73. The van der Waals surface area contributed by atoms with E-state index in [0.717, 1.165) is 29.9 Å². The van der Waals surface area contributed by atoms with E-state index in [2.05, 4.69) is 27.4 Å². The van der Waals surface area contributed by atoms with Crippen molar-refractivity contribution in [3.63, 3.8) is 0 Å². The monoisotopic (exact) mass is 408 g/mol. The lowest BCUT2D eigenvalue weighted by molar-refractivity contribution is 0.0932. The summed E-state index contributed by atoms with van der Waals surface area (Å²) in [5.41, 5.74) is 4.19. The van der Waals surface area contributed by atoms with Crippen molar-refractivity contribution in [2.24, 2.45) is 7.05 Å². The topological polar surface area (TPSA) is 59.4 Å². The van der Waals surface area contributed by atoms with Gasteiger partial charge in [-0.05, 0) is 61.6 Å². The third-order valence-corrected chi connectivity index (χ3v) is 5.43. The molecule has 0 bridgehead atoms. The Morgan fingerprint density at radius 2 is 2.00 bits per heavy atom. The van der Waals surface area contributed by atoms with Gasteiger partial charge in [0, 0.05) is 25.6 Å². The highest BCUT2D eigenvalue weighted by atomic mass is 19.1. The van der Waals surface area contributed by atoms with Crippen molar-refractivity contribution in [3.8, 4) is 17.0 Å². The van der Waals surface area contributed by atoms with Gasteiger partial charge >= 0.3 is 0 Å². The van der Waals surface area contributed by atoms with Crippen LogP contribution in [0.1, 0.15) is 27.7 Å². The Labute approximate surface area is 175 Å². The van der Waals surface area contributed by atoms with Crippen molar-refractivity contribution in [1.29, 1.82) is 0 Å². The highest BCUT2D eigenvalue weighted by Gasteiger charge is 2.21. The average molecular weight is 408 g/mol. The molecule has 4 rings (SSSR count). The van der Waals surface area contributed by atoms with Gasteiger partial charge in [-0.15, -0.1) is 0 Å². The zero-order valence-corrected chi connectivity index (χ0v) is 17.4. The first-order valence-electron chi connectivity index (χ1n) is 9.92. The number of aryl methyl sites for hydroxylation is 1. The van der Waals surface area contributed by atoms with E-state index in [0.29, 0.717) is 17.9 Å². The summed E-state index contributed by atoms with van der Waals surface area (Å²) in [6, 6.07) is 14.0. The second-order valence-corrected chi connectivity index (χ2v) is 7.70. The van der Waals surface area contributed by atoms with Crippen LogP contribution in [0.15, 0.2) is 48.5 Å². The van der Waals surface area contributed by atoms with Crippen LogP contribution < -0.4 is 10.1 Å². The number of hydrogen-bond acceptors (Lipinski definition) is 4. The van der Waals surface area contributed by atoms with Crippen molar-refractivity contribution >= 4 is 5.91 Å². The molecule has 6 nitrogen and oxygen atoms in total. The van der Waals surface area contributed by atoms with E-state index in [1.54, 1.807) is 29.9 Å². The molecule has 0 saturated carbocycles. The summed E-state index contributed by atoms with van der Waals surface area (Å²) in [6.07, 6.45) is 0.914. The Hall–Kier alpha value is -3.19. The molecule has 2 aromatic carbocycles. The van der Waals surface area contributed by atoms with Crippen molar-refractivity contribution in [2.75, 3.05) is 27.2 Å². The minimum absolute atomic E-state index is 0.0321. The van der Waals surface area contributed by atoms with Gasteiger partial charge in [-0.3, -0.25) is 9.48 Å². The lowest BCUT2D eigenvalue weighted by atomic mass is 10.0. The SMILES string of the molecule is CN(C)[C@H](CNC(=O)c1cc(-c2ccc(F)cc2)nn1C)c1ccc2c(c1)CCO2. The maximum Gasteiger partial charge on any atom is 0.269 e. The average Bonchev–Trinajstić information content (AvgIpc) is 3.34. The Kier molecular flexibility index (Phi) is 5.55. The van der Waals surface area contributed by atoms with Crippen LogP contribution in [0.3, 0.4) is 0 Å². The van der Waals surface area contributed by atoms with Gasteiger partial charge in [0.25, 0.3) is 5.91 Å². The molecule has 1 N–H and O–H groups in total. The van der Waals surface area contributed by atoms with Gasteiger partial charge in [-0.25, -0.2) is 4.39 Å². The first-order chi connectivity index (χ1) is 14.4. The summed E-state index contributed by atoms with van der Waals surface area (Å²) in [6.45, 7) is 1.18. The van der Waals surface area contributed by atoms with Crippen molar-refractivity contribution in [2.45, 2.75) is 12.5 Å². The maximum atomic E-state index is 13.2. The van der Waals surface area contributed by atoms with E-state index in [4.69, 9.17) is 4.74 Å². The fourth-order valence-electron chi connectivity index (χ4n) is 3.73. The molecule has 30 heavy (non-hydrogen) atoms. The molecule has 0 unspecified atom stereocenters. The predicted octanol–water partition coefficient (Wildman–Crippen LogP) is 3.19. The fraction of sp³-hybridized carbons (Fsp3) is 0.304. The number of benzene rings is 2. The Balaban J connectivity index is 1.48. The van der Waals surface area contributed by atoms with Crippen LogP contribution in [0.2, 0.25) is 0 Å². The summed E-state index contributed by atoms with van der Waals surface area (Å²) >= 11 is 0. The number of rotatable bonds is 6. The first-order valence-corrected chi connectivity index (χ1v) is 9.92. The molecule has 1 aliphatic rings. The van der Waals surface area contributed by atoms with Crippen LogP contribution in [0.4, 0.5) is 4.39 Å². The van der Waals surface area contributed by atoms with E-state index in [9.17, 15) is 9.18 Å². The predicted molar refractivity (Wildman–Crippen MR) is 113 cm³/mol. The van der Waals surface area contributed by atoms with E-state index < -0.39 is 0 Å². The number of likely N-dealkylation sites (N-methyl/N-ethyl adjacent to an activating group) is 1. The number of ether oxygens (including phenoxy) is 1. The number of hydrogen-bond donors (Lipinski definition) is 1. The molecule has 1 aliphatic heterocycles. The van der Waals surface area contributed by atoms with Crippen molar-refractivity contribution < 1.29 is 13.9 Å². The van der Waals surface area contributed by atoms with Gasteiger partial charge in [-0.2, -0.15) is 5.10 Å². The van der Waals surface area contributed by atoms with Crippen LogP contribution in [0.5, 0.6) is 5.75 Å². The third kappa shape index (κ3) is 4.07. The van der Waals surface area contributed by atoms with Crippen LogP contribution in [0, 0.1) is 5.82 Å². The minimum Gasteiger partial charge on any atom is -0.493 e. The molecular weight excluding hydrogens is 383 g/mol. The lowest BCUT2D eigenvalue weighted by Gasteiger charge is -2.25. The molecule has 3 aromatic rings. The number of fused-ring (bicyclic) bond motifs is 1. The zero-order valence-electron chi connectivity index (χ0n) is 17.4. The number of halogens is 1. The van der Waals surface area contributed by atoms with Crippen molar-refractivity contribution in [3.05, 3.63) is 71.2 Å². The number of nitrogens with one attached hydrogen (secondary N) is 1. The van der Waals surface area contributed by atoms with E-state index >= 15 is 0 Å². The second-order valence-electron chi connectivity index (χ2n) is 7.70. The summed E-state index contributed by atoms with van der Waals surface area (Å²) in [4.78, 5) is 14.9. The molecule has 1 aromatic heterocycles. The van der Waals surface area contributed by atoms with Crippen LogP contribution >= 0.6 is 0 Å². The Bertz CT molecular complexity index is 1060. The normalized spacial score (nSPS) is 13.8. The zero-order chi connectivity index (χ0) is 21.3. The van der Waals surface area contributed by atoms with Gasteiger partial charge in [0.05, 0.1) is 18.3 Å². The standard InChI is InChI=1S/C23H25FN4O2/c1-27(2)21(16-6-9-22-17(12-16)10-11-30-22)14-25-23(29)20-13-19(26-28(20)3)15-4-7-18(24)8-5-15/h4-9,12-13,21H,10-11,14H2,1-3H3,(H,25,29)/t21-/m1/s1. The van der Waals surface area contributed by atoms with Gasteiger partial charge in [0.1, 0.15) is 17.3 Å². The lowest BCUT2D eigenvalue weighted by Crippen LogP contribution is -2.35. The molecule has 0 fully saturated rings. The molecular formula is C23H25FN4O2. The Morgan fingerprint density at radius 3 is 2.73 bits per heavy atom. The smallest absolute Gasteiger partial charge is 0.269 e. The van der Waals surface area contributed by atoms with E-state index in [1.807, 2.05) is 20.2 Å². The Morgan fingerprint density at radius 1 is 1.23 bits per heavy atom. The quantitative estimate of drug-likeness (QED) is 0.681. The highest BCUT2D eigenvalue weighted by molar-refractivity contribution is 5.93. The van der Waals surface area contributed by atoms with Crippen molar-refractivity contribution in [1.82, 2.24) is 20.0 Å². The molecule has 0 saturated heterocycles. The maximum absolute atomic E-state index is 13.2. The third-order valence-electron chi connectivity index (χ3n) is 5.43. The molecule has 0 aliphatic carbocycles. The van der Waals surface area contributed by atoms with Gasteiger partial charge in [-0.1, -0.05) is 12.1 Å². The molecule has 0 spiro atoms. The molecule has 2 heterocycles. The van der Waals surface area contributed by atoms with Gasteiger partial charge < -0.3 is 15.0 Å². The van der Waals surface area contributed by atoms with Crippen LogP contribution in [0.25, 0.3) is 11.3 Å². The first kappa shape index (κ1) is 20.1. The number of carbonyl (C=O) groups excluding carboxylic acids is 1. The van der Waals surface area contributed by atoms with E-state index in [-0.39, 0.29) is 17.8 Å². The molecule has 156 valence electrons. The molecule has 7 heteroatoms. The highest BCUT2D eigenvalue weighted by Crippen LogP contribution is 2.29. The molecule has 1 amide bonds. The number of carbonyl (C=O) groups is 1. The van der Waals surface area contributed by atoms with E-state index in [1.165, 1.54) is 17.7 Å². The summed E-state index contributed by atoms with van der Waals surface area (Å²) in [5.74, 6) is 0.443. The summed E-state index contributed by atoms with van der Waals surface area (Å²) in [7, 11) is 5.72. The van der Waals surface area contributed by atoms with Gasteiger partial charge in [0.15, 0.2) is 0 Å². The van der Waals surface area contributed by atoms with Gasteiger partial charge in [0.2, 0.25) is 0 Å². The largest absolute Gasteiger partial charge is 0.493 e. The molecule has 0 radical (unpaired) electrons. The number of nitrogens with zero attached hydrogens (tertiary/aromatic N) is 3. The van der Waals surface area contributed by atoms with Crippen LogP contribution in [-0.2, 0) is 13.5 Å². The summed E-state index contributed by atoms with van der Waals surface area (Å²) in [5, 5.41) is 7.43. The number of amides is 1. The van der Waals surface area contributed by atoms with Crippen LogP contribution in [-0.4, -0.2) is 47.8 Å². The number of aromatic nitrogens is 2. The molecule has 1 atom stereocenters.